The molecule has 0 bridgehead atoms. The molecule has 0 aliphatic carbocycles. The van der Waals surface area contributed by atoms with Gasteiger partial charge in [-0.05, 0) is 55.9 Å². The minimum absolute atomic E-state index is 0.199. The average Bonchev–Trinajstić information content (AvgIpc) is 2.74. The number of unbranched alkanes of at least 4 members (excludes halogenated alkanes) is 9. The minimum atomic E-state index is 0.199. The monoisotopic (exact) mass is 416 g/mol. The zero-order chi connectivity index (χ0) is 21.4. The Morgan fingerprint density at radius 3 is 2.50 bits per heavy atom. The first-order valence-electron chi connectivity index (χ1n) is 12.3. The maximum atomic E-state index is 6.04. The number of anilines is 1. The van der Waals surface area contributed by atoms with Crippen LogP contribution in [0.2, 0.25) is 0 Å². The third-order valence-corrected chi connectivity index (χ3v) is 5.91. The zero-order valence-electron chi connectivity index (χ0n) is 19.2. The van der Waals surface area contributed by atoms with Crippen molar-refractivity contribution in [2.24, 2.45) is 16.5 Å². The van der Waals surface area contributed by atoms with E-state index in [2.05, 4.69) is 35.0 Å². The third kappa shape index (κ3) is 9.73. The summed E-state index contributed by atoms with van der Waals surface area (Å²) in [7, 11) is 0. The first kappa shape index (κ1) is 24.4. The predicted molar refractivity (Wildman–Crippen MR) is 130 cm³/mol. The highest BCUT2D eigenvalue weighted by Gasteiger charge is 2.17. The lowest BCUT2D eigenvalue weighted by atomic mass is 10.0. The van der Waals surface area contributed by atoms with Crippen LogP contribution in [0.1, 0.15) is 89.5 Å². The third-order valence-electron chi connectivity index (χ3n) is 5.91. The van der Waals surface area contributed by atoms with Gasteiger partial charge in [-0.15, -0.1) is 0 Å². The standard InChI is InChI=1S/C25H44N4O/c1-2-3-4-8-11-18-29-19-13-14-22-21-23(15-16-24(22)29)30-20-12-9-6-5-7-10-17-28-25(26)27/h15-16,21H,2-14,17-20H2,1H3,(H4,26,27,28). The van der Waals surface area contributed by atoms with Gasteiger partial charge in [0.05, 0.1) is 6.61 Å². The van der Waals surface area contributed by atoms with E-state index in [4.69, 9.17) is 16.2 Å². The summed E-state index contributed by atoms with van der Waals surface area (Å²) in [6.45, 7) is 6.24. The maximum absolute atomic E-state index is 6.04. The highest BCUT2D eigenvalue weighted by molar-refractivity contribution is 5.75. The van der Waals surface area contributed by atoms with Crippen LogP contribution in [0.25, 0.3) is 0 Å². The lowest BCUT2D eigenvalue weighted by molar-refractivity contribution is 0.304. The van der Waals surface area contributed by atoms with Crippen molar-refractivity contribution >= 4 is 11.6 Å². The molecule has 0 fully saturated rings. The number of ether oxygens (including phenoxy) is 1. The Labute approximate surface area is 184 Å². The number of nitrogens with zero attached hydrogens (tertiary/aromatic N) is 2. The maximum Gasteiger partial charge on any atom is 0.185 e. The number of aliphatic imine (C=N–C) groups is 1. The van der Waals surface area contributed by atoms with Crippen LogP contribution in [0, 0.1) is 0 Å². The van der Waals surface area contributed by atoms with Crippen molar-refractivity contribution in [2.75, 3.05) is 31.1 Å². The second-order valence-corrected chi connectivity index (χ2v) is 8.57. The topological polar surface area (TPSA) is 76.9 Å². The summed E-state index contributed by atoms with van der Waals surface area (Å²) in [5.74, 6) is 1.24. The molecule has 0 spiro atoms. The molecular formula is C25H44N4O. The van der Waals surface area contributed by atoms with E-state index in [0.717, 1.165) is 31.7 Å². The Morgan fingerprint density at radius 1 is 0.967 bits per heavy atom. The fourth-order valence-electron chi connectivity index (χ4n) is 4.20. The number of nitrogens with two attached hydrogens (primary N) is 2. The van der Waals surface area contributed by atoms with Gasteiger partial charge in [0.15, 0.2) is 5.96 Å². The molecule has 1 aromatic carbocycles. The minimum Gasteiger partial charge on any atom is -0.494 e. The van der Waals surface area contributed by atoms with E-state index >= 15 is 0 Å². The highest BCUT2D eigenvalue weighted by Crippen LogP contribution is 2.31. The highest BCUT2D eigenvalue weighted by atomic mass is 16.5. The Hall–Kier alpha value is -1.91. The SMILES string of the molecule is CCCCCCCN1CCCc2cc(OCCCCCCCCN=C(N)N)ccc21. The van der Waals surface area contributed by atoms with E-state index in [9.17, 15) is 0 Å². The Morgan fingerprint density at radius 2 is 1.70 bits per heavy atom. The fourth-order valence-corrected chi connectivity index (χ4v) is 4.20. The molecular weight excluding hydrogens is 372 g/mol. The molecule has 2 rings (SSSR count). The van der Waals surface area contributed by atoms with Gasteiger partial charge in [0.25, 0.3) is 0 Å². The molecule has 0 unspecified atom stereocenters. The number of aryl methyl sites for hydroxylation is 1. The van der Waals surface area contributed by atoms with Gasteiger partial charge in [-0.1, -0.05) is 58.3 Å². The first-order chi connectivity index (χ1) is 14.7. The van der Waals surface area contributed by atoms with E-state index in [0.29, 0.717) is 0 Å². The second-order valence-electron chi connectivity index (χ2n) is 8.57. The molecule has 1 aromatic rings. The van der Waals surface area contributed by atoms with Crippen LogP contribution in [0.4, 0.5) is 5.69 Å². The normalized spacial score (nSPS) is 13.2. The van der Waals surface area contributed by atoms with Gasteiger partial charge in [0, 0.05) is 25.3 Å². The number of rotatable bonds is 16. The summed E-state index contributed by atoms with van der Waals surface area (Å²) in [6, 6.07) is 6.73. The van der Waals surface area contributed by atoms with Crippen molar-refractivity contribution in [1.29, 1.82) is 0 Å². The summed E-state index contributed by atoms with van der Waals surface area (Å²) < 4.78 is 6.04. The smallest absolute Gasteiger partial charge is 0.185 e. The predicted octanol–water partition coefficient (Wildman–Crippen LogP) is 5.40. The van der Waals surface area contributed by atoms with Crippen LogP contribution in [0.3, 0.4) is 0 Å². The van der Waals surface area contributed by atoms with Crippen LogP contribution in [0.5, 0.6) is 5.75 Å². The largest absolute Gasteiger partial charge is 0.494 e. The lowest BCUT2D eigenvalue weighted by Gasteiger charge is -2.31. The number of hydrogen-bond donors (Lipinski definition) is 2. The van der Waals surface area contributed by atoms with Crippen molar-refractivity contribution in [3.8, 4) is 5.75 Å². The van der Waals surface area contributed by atoms with Crippen LogP contribution in [-0.4, -0.2) is 32.2 Å². The number of guanidine groups is 1. The van der Waals surface area contributed by atoms with Gasteiger partial charge >= 0.3 is 0 Å². The lowest BCUT2D eigenvalue weighted by Crippen LogP contribution is -2.30. The fraction of sp³-hybridized carbons (Fsp3) is 0.720. The molecule has 5 nitrogen and oxygen atoms in total. The molecule has 0 aromatic heterocycles. The molecule has 1 aliphatic rings. The van der Waals surface area contributed by atoms with Crippen LogP contribution < -0.4 is 21.1 Å². The quantitative estimate of drug-likeness (QED) is 0.215. The summed E-state index contributed by atoms with van der Waals surface area (Å²) >= 11 is 0. The summed E-state index contributed by atoms with van der Waals surface area (Å²) in [5, 5.41) is 0. The Kier molecular flexibility index (Phi) is 12.2. The van der Waals surface area contributed by atoms with Gasteiger partial charge in [0.1, 0.15) is 5.75 Å². The van der Waals surface area contributed by atoms with Crippen LogP contribution in [-0.2, 0) is 6.42 Å². The van der Waals surface area contributed by atoms with Crippen molar-refractivity contribution in [1.82, 2.24) is 0 Å². The van der Waals surface area contributed by atoms with Gasteiger partial charge in [0.2, 0.25) is 0 Å². The van der Waals surface area contributed by atoms with Gasteiger partial charge in [-0.25, -0.2) is 0 Å². The molecule has 0 amide bonds. The number of benzene rings is 1. The molecule has 170 valence electrons. The first-order valence-corrected chi connectivity index (χ1v) is 12.3. The van der Waals surface area contributed by atoms with Crippen LogP contribution in [0.15, 0.2) is 23.2 Å². The zero-order valence-corrected chi connectivity index (χ0v) is 19.2. The van der Waals surface area contributed by atoms with Crippen LogP contribution >= 0.6 is 0 Å². The molecule has 0 saturated heterocycles. The molecule has 1 aliphatic heterocycles. The van der Waals surface area contributed by atoms with E-state index in [1.165, 1.54) is 95.0 Å². The molecule has 30 heavy (non-hydrogen) atoms. The van der Waals surface area contributed by atoms with E-state index < -0.39 is 0 Å². The molecule has 5 heteroatoms. The molecule has 0 atom stereocenters. The van der Waals surface area contributed by atoms with Gasteiger partial charge < -0.3 is 21.1 Å². The number of hydrogen-bond acceptors (Lipinski definition) is 3. The Balaban J connectivity index is 1.61. The summed E-state index contributed by atoms with van der Waals surface area (Å²) in [6.07, 6.45) is 16.3. The van der Waals surface area contributed by atoms with E-state index in [-0.39, 0.29) is 5.96 Å². The summed E-state index contributed by atoms with van der Waals surface area (Å²) in [4.78, 5) is 6.60. The summed E-state index contributed by atoms with van der Waals surface area (Å²) in [5.41, 5.74) is 13.6. The van der Waals surface area contributed by atoms with Crippen molar-refractivity contribution < 1.29 is 4.74 Å². The van der Waals surface area contributed by atoms with E-state index in [1.54, 1.807) is 0 Å². The molecule has 0 radical (unpaired) electrons. The Bertz CT molecular complexity index is 613. The van der Waals surface area contributed by atoms with Gasteiger partial charge in [-0.2, -0.15) is 0 Å². The molecule has 1 heterocycles. The molecule has 4 N–H and O–H groups in total. The van der Waals surface area contributed by atoms with Crippen molar-refractivity contribution in [3.05, 3.63) is 23.8 Å². The second kappa shape index (κ2) is 15.0. The van der Waals surface area contributed by atoms with Gasteiger partial charge in [-0.3, -0.25) is 4.99 Å². The van der Waals surface area contributed by atoms with Crippen molar-refractivity contribution in [3.63, 3.8) is 0 Å². The van der Waals surface area contributed by atoms with Crippen molar-refractivity contribution in [2.45, 2.75) is 90.4 Å². The van der Waals surface area contributed by atoms with E-state index in [1.807, 2.05) is 0 Å². The average molecular weight is 417 g/mol. The molecule has 0 saturated carbocycles. The number of fused-ring (bicyclic) bond motifs is 1.